The van der Waals surface area contributed by atoms with Gasteiger partial charge in [0, 0.05) is 23.3 Å². The predicted molar refractivity (Wildman–Crippen MR) is 72.6 cm³/mol. The third kappa shape index (κ3) is 1.96. The summed E-state index contributed by atoms with van der Waals surface area (Å²) in [6.07, 6.45) is 3.30. The van der Waals surface area contributed by atoms with Crippen LogP contribution in [0.25, 0.3) is 11.0 Å². The van der Waals surface area contributed by atoms with Gasteiger partial charge < -0.3 is 5.11 Å². The molecule has 5 heteroatoms. The molecular formula is C14H9ClN2O2. The van der Waals surface area contributed by atoms with Crippen LogP contribution in [0.2, 0.25) is 5.02 Å². The minimum absolute atomic E-state index is 0.0475. The average Bonchev–Trinajstić information content (AvgIpc) is 2.85. The van der Waals surface area contributed by atoms with E-state index in [2.05, 4.69) is 4.98 Å². The minimum Gasteiger partial charge on any atom is -0.506 e. The lowest BCUT2D eigenvalue weighted by molar-refractivity contribution is 0.0964. The Bertz CT molecular complexity index is 780. The van der Waals surface area contributed by atoms with Crippen LogP contribution >= 0.6 is 11.6 Å². The van der Waals surface area contributed by atoms with Crippen molar-refractivity contribution in [2.45, 2.75) is 0 Å². The van der Waals surface area contributed by atoms with E-state index < -0.39 is 0 Å². The number of fused-ring (bicyclic) bond motifs is 1. The van der Waals surface area contributed by atoms with E-state index in [1.165, 1.54) is 22.8 Å². The van der Waals surface area contributed by atoms with Crippen LogP contribution in [-0.4, -0.2) is 20.6 Å². The monoisotopic (exact) mass is 272 g/mol. The number of carbonyl (C=O) groups excluding carboxylic acids is 1. The summed E-state index contributed by atoms with van der Waals surface area (Å²) in [6, 6.07) is 9.88. The van der Waals surface area contributed by atoms with Gasteiger partial charge in [-0.15, -0.1) is 0 Å². The summed E-state index contributed by atoms with van der Waals surface area (Å²) in [5.74, 6) is -0.288. The maximum Gasteiger partial charge on any atom is 0.263 e. The molecule has 0 fully saturated rings. The Hall–Kier alpha value is -2.33. The zero-order chi connectivity index (χ0) is 13.4. The smallest absolute Gasteiger partial charge is 0.263 e. The van der Waals surface area contributed by atoms with Gasteiger partial charge in [-0.25, -0.2) is 4.98 Å². The first-order valence-corrected chi connectivity index (χ1v) is 6.00. The van der Waals surface area contributed by atoms with Gasteiger partial charge in [-0.05, 0) is 36.4 Å². The molecule has 0 radical (unpaired) electrons. The van der Waals surface area contributed by atoms with Gasteiger partial charge in [-0.1, -0.05) is 11.6 Å². The van der Waals surface area contributed by atoms with Crippen molar-refractivity contribution in [3.63, 3.8) is 0 Å². The Balaban J connectivity index is 2.11. The summed E-state index contributed by atoms with van der Waals surface area (Å²) in [5.41, 5.74) is 0.989. The number of benzene rings is 1. The summed E-state index contributed by atoms with van der Waals surface area (Å²) in [6.45, 7) is 0. The second-order valence-corrected chi connectivity index (χ2v) is 4.48. The van der Waals surface area contributed by atoms with Crippen LogP contribution < -0.4 is 0 Å². The minimum atomic E-state index is -0.240. The van der Waals surface area contributed by atoms with E-state index >= 15 is 0 Å². The highest BCUT2D eigenvalue weighted by molar-refractivity contribution is 6.32. The molecule has 0 bridgehead atoms. The van der Waals surface area contributed by atoms with E-state index in [0.717, 1.165) is 5.39 Å². The van der Waals surface area contributed by atoms with E-state index in [9.17, 15) is 9.90 Å². The summed E-state index contributed by atoms with van der Waals surface area (Å²) in [4.78, 5) is 16.6. The SMILES string of the molecule is O=C(c1ccc(O)c(Cl)c1)n1ccc2cccnc21. The fourth-order valence-electron chi connectivity index (χ4n) is 1.91. The van der Waals surface area contributed by atoms with Crippen molar-refractivity contribution in [3.8, 4) is 5.75 Å². The molecule has 0 aliphatic rings. The lowest BCUT2D eigenvalue weighted by atomic mass is 10.2. The molecule has 0 saturated carbocycles. The van der Waals surface area contributed by atoms with Gasteiger partial charge in [-0.2, -0.15) is 0 Å². The van der Waals surface area contributed by atoms with Crippen molar-refractivity contribution in [1.29, 1.82) is 0 Å². The normalized spacial score (nSPS) is 10.8. The standard InChI is InChI=1S/C14H9ClN2O2/c15-11-8-10(3-4-12(11)18)14(19)17-7-5-9-2-1-6-16-13(9)17/h1-8,18H. The second kappa shape index (κ2) is 4.40. The van der Waals surface area contributed by atoms with Crippen molar-refractivity contribution in [2.24, 2.45) is 0 Å². The number of carbonyl (C=O) groups is 1. The number of halogens is 1. The largest absolute Gasteiger partial charge is 0.506 e. The molecule has 3 aromatic rings. The second-order valence-electron chi connectivity index (χ2n) is 4.07. The number of hydrogen-bond donors (Lipinski definition) is 1. The zero-order valence-electron chi connectivity index (χ0n) is 9.75. The molecule has 1 aromatic carbocycles. The highest BCUT2D eigenvalue weighted by Gasteiger charge is 2.13. The van der Waals surface area contributed by atoms with E-state index in [1.807, 2.05) is 18.2 Å². The molecule has 1 N–H and O–H groups in total. The van der Waals surface area contributed by atoms with Gasteiger partial charge in [0.25, 0.3) is 5.91 Å². The van der Waals surface area contributed by atoms with Crippen molar-refractivity contribution in [2.75, 3.05) is 0 Å². The molecule has 0 atom stereocenters. The summed E-state index contributed by atoms with van der Waals surface area (Å²) in [7, 11) is 0. The molecule has 0 spiro atoms. The Morgan fingerprint density at radius 1 is 1.26 bits per heavy atom. The van der Waals surface area contributed by atoms with Gasteiger partial charge >= 0.3 is 0 Å². The zero-order valence-corrected chi connectivity index (χ0v) is 10.5. The van der Waals surface area contributed by atoms with E-state index in [0.29, 0.717) is 11.2 Å². The molecular weight excluding hydrogens is 264 g/mol. The van der Waals surface area contributed by atoms with Crippen LogP contribution in [0.1, 0.15) is 10.4 Å². The number of phenols is 1. The molecule has 0 saturated heterocycles. The lowest BCUT2D eigenvalue weighted by Crippen LogP contribution is -2.11. The fourth-order valence-corrected chi connectivity index (χ4v) is 2.09. The summed E-state index contributed by atoms with van der Waals surface area (Å²) in [5, 5.41) is 10.4. The van der Waals surface area contributed by atoms with Gasteiger partial charge in [0.05, 0.1) is 5.02 Å². The molecule has 0 aliphatic carbocycles. The lowest BCUT2D eigenvalue weighted by Gasteiger charge is -2.04. The Morgan fingerprint density at radius 2 is 2.11 bits per heavy atom. The fraction of sp³-hybridized carbons (Fsp3) is 0. The number of hydrogen-bond acceptors (Lipinski definition) is 3. The van der Waals surface area contributed by atoms with E-state index in [4.69, 9.17) is 11.6 Å². The van der Waals surface area contributed by atoms with Crippen molar-refractivity contribution >= 4 is 28.5 Å². The van der Waals surface area contributed by atoms with Crippen LogP contribution in [0, 0.1) is 0 Å². The maximum absolute atomic E-state index is 12.4. The average molecular weight is 273 g/mol. The Morgan fingerprint density at radius 3 is 2.89 bits per heavy atom. The molecule has 19 heavy (non-hydrogen) atoms. The van der Waals surface area contributed by atoms with Gasteiger partial charge in [0.2, 0.25) is 0 Å². The molecule has 0 unspecified atom stereocenters. The highest BCUT2D eigenvalue weighted by atomic mass is 35.5. The maximum atomic E-state index is 12.4. The van der Waals surface area contributed by atoms with Gasteiger partial charge in [0.15, 0.2) is 0 Å². The number of rotatable bonds is 1. The Labute approximate surface area is 113 Å². The van der Waals surface area contributed by atoms with Crippen LogP contribution in [0.4, 0.5) is 0 Å². The first kappa shape index (κ1) is 11.7. The quantitative estimate of drug-likeness (QED) is 0.741. The first-order valence-electron chi connectivity index (χ1n) is 5.62. The van der Waals surface area contributed by atoms with Crippen LogP contribution in [0.5, 0.6) is 5.75 Å². The Kier molecular flexibility index (Phi) is 2.72. The van der Waals surface area contributed by atoms with Gasteiger partial charge in [-0.3, -0.25) is 9.36 Å². The van der Waals surface area contributed by atoms with Crippen LogP contribution in [0.3, 0.4) is 0 Å². The molecule has 2 heterocycles. The van der Waals surface area contributed by atoms with Crippen LogP contribution in [0.15, 0.2) is 48.8 Å². The molecule has 0 aliphatic heterocycles. The van der Waals surface area contributed by atoms with E-state index in [1.54, 1.807) is 12.4 Å². The third-order valence-corrected chi connectivity index (χ3v) is 3.16. The van der Waals surface area contributed by atoms with Crippen molar-refractivity contribution < 1.29 is 9.90 Å². The molecule has 4 nitrogen and oxygen atoms in total. The topological polar surface area (TPSA) is 55.1 Å². The number of aromatic nitrogens is 2. The number of nitrogens with zero attached hydrogens (tertiary/aromatic N) is 2. The number of phenolic OH excluding ortho intramolecular Hbond substituents is 1. The third-order valence-electron chi connectivity index (χ3n) is 2.86. The summed E-state index contributed by atoms with van der Waals surface area (Å²) < 4.78 is 1.46. The highest BCUT2D eigenvalue weighted by Crippen LogP contribution is 2.24. The summed E-state index contributed by atoms with van der Waals surface area (Å²) >= 11 is 5.81. The molecule has 0 amide bonds. The number of aromatic hydroxyl groups is 1. The van der Waals surface area contributed by atoms with Crippen LogP contribution in [-0.2, 0) is 0 Å². The molecule has 2 aromatic heterocycles. The van der Waals surface area contributed by atoms with Crippen molar-refractivity contribution in [1.82, 2.24) is 9.55 Å². The van der Waals surface area contributed by atoms with Crippen molar-refractivity contribution in [3.05, 3.63) is 59.4 Å². The first-order chi connectivity index (χ1) is 9.16. The molecule has 94 valence electrons. The van der Waals surface area contributed by atoms with E-state index in [-0.39, 0.29) is 16.7 Å². The van der Waals surface area contributed by atoms with Gasteiger partial charge in [0.1, 0.15) is 11.4 Å². The molecule has 3 rings (SSSR count). The number of pyridine rings is 1. The predicted octanol–water partition coefficient (Wildman–Crippen LogP) is 3.08.